The van der Waals surface area contributed by atoms with Crippen LogP contribution in [-0.4, -0.2) is 22.2 Å². The zero-order valence-corrected chi connectivity index (χ0v) is 12.1. The third-order valence-electron chi connectivity index (χ3n) is 2.62. The number of nitrogens with zero attached hydrogens (tertiary/aromatic N) is 2. The van der Waals surface area contributed by atoms with E-state index in [2.05, 4.69) is 27.5 Å². The highest BCUT2D eigenvalue weighted by Gasteiger charge is 2.33. The van der Waals surface area contributed by atoms with Crippen LogP contribution in [0, 0.1) is 0 Å². The number of thiocarbonyl (C=S) groups is 1. The van der Waals surface area contributed by atoms with Crippen molar-refractivity contribution in [3.05, 3.63) is 36.0 Å². The van der Waals surface area contributed by atoms with Gasteiger partial charge in [0.2, 0.25) is 5.95 Å². The summed E-state index contributed by atoms with van der Waals surface area (Å²) < 4.78 is 43.9. The maximum absolute atomic E-state index is 12.9. The number of nitrogens with one attached hydrogen (secondary N) is 1. The lowest BCUT2D eigenvalue weighted by molar-refractivity contribution is -0.141. The molecule has 0 bridgehead atoms. The largest absolute Gasteiger partial charge is 0.497 e. The summed E-state index contributed by atoms with van der Waals surface area (Å²) in [7, 11) is 1.46. The molecule has 1 aromatic carbocycles. The van der Waals surface area contributed by atoms with Crippen molar-refractivity contribution in [2.24, 2.45) is 5.73 Å². The maximum atomic E-state index is 12.9. The molecule has 3 N–H and O–H groups in total. The lowest BCUT2D eigenvalue weighted by Gasteiger charge is -2.11. The number of benzene rings is 1. The van der Waals surface area contributed by atoms with Crippen molar-refractivity contribution in [2.75, 3.05) is 12.4 Å². The molecule has 0 aliphatic carbocycles. The molecule has 1 heterocycles. The fourth-order valence-electron chi connectivity index (χ4n) is 1.69. The zero-order valence-electron chi connectivity index (χ0n) is 11.3. The van der Waals surface area contributed by atoms with Crippen molar-refractivity contribution in [3.8, 4) is 17.0 Å². The summed E-state index contributed by atoms with van der Waals surface area (Å²) in [6.45, 7) is 0. The first-order valence-corrected chi connectivity index (χ1v) is 6.37. The molecule has 0 saturated heterocycles. The summed E-state index contributed by atoms with van der Waals surface area (Å²) in [6, 6.07) is 7.33. The summed E-state index contributed by atoms with van der Waals surface area (Å²) in [6.07, 6.45) is -4.62. The van der Waals surface area contributed by atoms with Gasteiger partial charge in [0.1, 0.15) is 5.75 Å². The Balaban J connectivity index is 2.56. The van der Waals surface area contributed by atoms with E-state index in [1.54, 1.807) is 24.3 Å². The van der Waals surface area contributed by atoms with Gasteiger partial charge < -0.3 is 15.8 Å². The molecular formula is C13H11F3N4OS. The van der Waals surface area contributed by atoms with Crippen molar-refractivity contribution in [2.45, 2.75) is 6.18 Å². The molecule has 0 spiro atoms. The van der Waals surface area contributed by atoms with Crippen LogP contribution in [0.25, 0.3) is 11.3 Å². The van der Waals surface area contributed by atoms with E-state index >= 15 is 0 Å². The fourth-order valence-corrected chi connectivity index (χ4v) is 1.78. The summed E-state index contributed by atoms with van der Waals surface area (Å²) in [5, 5.41) is 2.09. The molecule has 0 amide bonds. The highest BCUT2D eigenvalue weighted by atomic mass is 32.1. The Labute approximate surface area is 129 Å². The average Bonchev–Trinajstić information content (AvgIpc) is 2.45. The Kier molecular flexibility index (Phi) is 4.45. The van der Waals surface area contributed by atoms with Crippen molar-refractivity contribution < 1.29 is 17.9 Å². The monoisotopic (exact) mass is 328 g/mol. The SMILES string of the molecule is COc1cccc(-c2cc(C(F)(F)F)nc(NC(N)=S)n2)c1. The van der Waals surface area contributed by atoms with Gasteiger partial charge in [-0.25, -0.2) is 9.97 Å². The molecule has 0 atom stereocenters. The Morgan fingerprint density at radius 1 is 1.27 bits per heavy atom. The number of nitrogens with two attached hydrogens (primary N) is 1. The molecule has 116 valence electrons. The fraction of sp³-hybridized carbons (Fsp3) is 0.154. The molecule has 9 heteroatoms. The summed E-state index contributed by atoms with van der Waals surface area (Å²) in [5.74, 6) is 0.175. The van der Waals surface area contributed by atoms with E-state index in [1.807, 2.05) is 0 Å². The second kappa shape index (κ2) is 6.14. The number of halogens is 3. The molecular weight excluding hydrogens is 317 g/mol. The second-order valence-corrected chi connectivity index (χ2v) is 4.62. The van der Waals surface area contributed by atoms with Crippen LogP contribution in [0.15, 0.2) is 30.3 Å². The Morgan fingerprint density at radius 2 is 2.00 bits per heavy atom. The number of rotatable bonds is 3. The van der Waals surface area contributed by atoms with Crippen LogP contribution < -0.4 is 15.8 Å². The third-order valence-corrected chi connectivity index (χ3v) is 2.72. The van der Waals surface area contributed by atoms with Gasteiger partial charge in [-0.1, -0.05) is 12.1 Å². The van der Waals surface area contributed by atoms with Gasteiger partial charge in [0.25, 0.3) is 0 Å². The number of anilines is 1. The smallest absolute Gasteiger partial charge is 0.433 e. The van der Waals surface area contributed by atoms with Crippen molar-refractivity contribution in [3.63, 3.8) is 0 Å². The predicted octanol–water partition coefficient (Wildman–Crippen LogP) is 2.83. The molecule has 2 aromatic rings. The first-order chi connectivity index (χ1) is 10.3. The van der Waals surface area contributed by atoms with Crippen LogP contribution in [0.1, 0.15) is 5.69 Å². The Morgan fingerprint density at radius 3 is 2.59 bits per heavy atom. The molecule has 0 saturated carbocycles. The van der Waals surface area contributed by atoms with Gasteiger partial charge in [-0.3, -0.25) is 0 Å². The number of hydrogen-bond acceptors (Lipinski definition) is 4. The molecule has 0 fully saturated rings. The molecule has 1 aromatic heterocycles. The van der Waals surface area contributed by atoms with E-state index in [4.69, 9.17) is 10.5 Å². The Hall–Kier alpha value is -2.42. The van der Waals surface area contributed by atoms with Crippen LogP contribution >= 0.6 is 12.2 Å². The van der Waals surface area contributed by atoms with Crippen molar-refractivity contribution in [1.29, 1.82) is 0 Å². The molecule has 5 nitrogen and oxygen atoms in total. The minimum Gasteiger partial charge on any atom is -0.497 e. The summed E-state index contributed by atoms with van der Waals surface area (Å²) in [4.78, 5) is 7.35. The minimum atomic E-state index is -4.62. The maximum Gasteiger partial charge on any atom is 0.433 e. The molecule has 2 rings (SSSR count). The number of alkyl halides is 3. The van der Waals surface area contributed by atoms with E-state index in [0.29, 0.717) is 11.3 Å². The average molecular weight is 328 g/mol. The highest BCUT2D eigenvalue weighted by Crippen LogP contribution is 2.31. The Bertz CT molecular complexity index is 706. The van der Waals surface area contributed by atoms with Gasteiger partial charge >= 0.3 is 6.18 Å². The van der Waals surface area contributed by atoms with Crippen molar-refractivity contribution in [1.82, 2.24) is 9.97 Å². The van der Waals surface area contributed by atoms with Crippen LogP contribution in [0.5, 0.6) is 5.75 Å². The van der Waals surface area contributed by atoms with E-state index in [1.165, 1.54) is 7.11 Å². The van der Waals surface area contributed by atoms with Gasteiger partial charge in [0.15, 0.2) is 10.8 Å². The molecule has 22 heavy (non-hydrogen) atoms. The van der Waals surface area contributed by atoms with E-state index < -0.39 is 11.9 Å². The third kappa shape index (κ3) is 3.82. The van der Waals surface area contributed by atoms with E-state index in [0.717, 1.165) is 6.07 Å². The van der Waals surface area contributed by atoms with Crippen LogP contribution in [-0.2, 0) is 6.18 Å². The van der Waals surface area contributed by atoms with Crippen LogP contribution in [0.2, 0.25) is 0 Å². The van der Waals surface area contributed by atoms with E-state index in [-0.39, 0.29) is 16.8 Å². The number of aromatic nitrogens is 2. The number of methoxy groups -OCH3 is 1. The van der Waals surface area contributed by atoms with Crippen LogP contribution in [0.4, 0.5) is 19.1 Å². The summed E-state index contributed by atoms with van der Waals surface area (Å²) in [5.41, 5.74) is 4.67. The predicted molar refractivity (Wildman–Crippen MR) is 79.4 cm³/mol. The van der Waals surface area contributed by atoms with Gasteiger partial charge in [-0.2, -0.15) is 13.2 Å². The normalized spacial score (nSPS) is 11.1. The van der Waals surface area contributed by atoms with Crippen molar-refractivity contribution >= 4 is 23.3 Å². The molecule has 0 aliphatic rings. The van der Waals surface area contributed by atoms with Gasteiger partial charge in [-0.15, -0.1) is 0 Å². The minimum absolute atomic E-state index is 0.0694. The first kappa shape index (κ1) is 16.0. The van der Waals surface area contributed by atoms with Gasteiger partial charge in [0, 0.05) is 5.56 Å². The first-order valence-electron chi connectivity index (χ1n) is 5.97. The molecule has 0 unspecified atom stereocenters. The van der Waals surface area contributed by atoms with Gasteiger partial charge in [0.05, 0.1) is 12.8 Å². The summed E-state index contributed by atoms with van der Waals surface area (Å²) >= 11 is 4.60. The van der Waals surface area contributed by atoms with Crippen LogP contribution in [0.3, 0.4) is 0 Å². The lowest BCUT2D eigenvalue weighted by atomic mass is 10.1. The number of ether oxygens (including phenoxy) is 1. The molecule has 0 radical (unpaired) electrons. The zero-order chi connectivity index (χ0) is 16.3. The second-order valence-electron chi connectivity index (χ2n) is 4.18. The lowest BCUT2D eigenvalue weighted by Crippen LogP contribution is -2.22. The van der Waals surface area contributed by atoms with Gasteiger partial charge in [-0.05, 0) is 30.4 Å². The topological polar surface area (TPSA) is 73.1 Å². The van der Waals surface area contributed by atoms with E-state index in [9.17, 15) is 13.2 Å². The quantitative estimate of drug-likeness (QED) is 0.844. The molecule has 0 aliphatic heterocycles. The standard InChI is InChI=1S/C13H11F3N4OS/c1-21-8-4-2-3-7(5-8)9-6-10(13(14,15)16)19-12(18-9)20-11(17)22/h2-6H,1H3,(H3,17,18,19,20,22). The number of hydrogen-bond donors (Lipinski definition) is 2. The highest BCUT2D eigenvalue weighted by molar-refractivity contribution is 7.80.